The van der Waals surface area contributed by atoms with Crippen LogP contribution in [-0.4, -0.2) is 21.0 Å². The van der Waals surface area contributed by atoms with Crippen molar-refractivity contribution in [3.8, 4) is 0 Å². The molecule has 0 unspecified atom stereocenters. The molecule has 1 aromatic rings. The number of aliphatic carboxylic acids is 1. The largest absolute Gasteiger partial charge is 0.481 e. The summed E-state index contributed by atoms with van der Waals surface area (Å²) in [5.41, 5.74) is 5.03. The van der Waals surface area contributed by atoms with Crippen molar-refractivity contribution < 1.29 is 9.90 Å². The second-order valence-electron chi connectivity index (χ2n) is 2.86. The molecule has 0 aliphatic carbocycles. The van der Waals surface area contributed by atoms with Crippen LogP contribution in [-0.2, 0) is 11.2 Å². The molecule has 0 radical (unpaired) electrons. The van der Waals surface area contributed by atoms with Gasteiger partial charge in [0.25, 0.3) is 5.56 Å². The molecule has 0 saturated carbocycles. The zero-order valence-corrected chi connectivity index (χ0v) is 7.49. The molecular formula is C8H11N3O3. The zero-order chi connectivity index (χ0) is 10.6. The number of nitrogens with two attached hydrogens (primary N) is 1. The fraction of sp³-hybridized carbons (Fsp3) is 0.375. The summed E-state index contributed by atoms with van der Waals surface area (Å²) in [5, 5.41) is 8.38. The van der Waals surface area contributed by atoms with E-state index in [0.717, 1.165) is 0 Å². The Bertz CT molecular complexity index is 386. The van der Waals surface area contributed by atoms with Gasteiger partial charge in [-0.15, -0.1) is 0 Å². The summed E-state index contributed by atoms with van der Waals surface area (Å²) in [6, 6.07) is 1.18. The van der Waals surface area contributed by atoms with Crippen molar-refractivity contribution in [2.24, 2.45) is 0 Å². The maximum Gasteiger partial charge on any atom is 0.303 e. The average molecular weight is 197 g/mol. The summed E-state index contributed by atoms with van der Waals surface area (Å²) in [6.45, 7) is 0. The summed E-state index contributed by atoms with van der Waals surface area (Å²) in [7, 11) is 0. The summed E-state index contributed by atoms with van der Waals surface area (Å²) in [6.07, 6.45) is 0.896. The first kappa shape index (κ1) is 10.2. The third kappa shape index (κ3) is 3.26. The Morgan fingerprint density at radius 2 is 2.36 bits per heavy atom. The van der Waals surface area contributed by atoms with Crippen molar-refractivity contribution in [1.82, 2.24) is 9.97 Å². The van der Waals surface area contributed by atoms with Crippen LogP contribution in [0.3, 0.4) is 0 Å². The number of nitrogen functional groups attached to an aromatic ring is 1. The third-order valence-corrected chi connectivity index (χ3v) is 1.61. The lowest BCUT2D eigenvalue weighted by Gasteiger charge is -1.99. The molecule has 1 aromatic heterocycles. The van der Waals surface area contributed by atoms with Crippen molar-refractivity contribution in [2.45, 2.75) is 19.3 Å². The van der Waals surface area contributed by atoms with Gasteiger partial charge in [-0.2, -0.15) is 0 Å². The number of carbonyl (C=O) groups is 1. The summed E-state index contributed by atoms with van der Waals surface area (Å²) in [4.78, 5) is 27.5. The molecule has 0 spiro atoms. The van der Waals surface area contributed by atoms with Crippen LogP contribution in [0.5, 0.6) is 0 Å². The molecule has 4 N–H and O–H groups in total. The topological polar surface area (TPSA) is 109 Å². The molecule has 76 valence electrons. The van der Waals surface area contributed by atoms with Gasteiger partial charge in [-0.25, -0.2) is 4.98 Å². The van der Waals surface area contributed by atoms with Crippen LogP contribution >= 0.6 is 0 Å². The van der Waals surface area contributed by atoms with Gasteiger partial charge in [-0.1, -0.05) is 0 Å². The first-order valence-electron chi connectivity index (χ1n) is 4.15. The van der Waals surface area contributed by atoms with Gasteiger partial charge in [0, 0.05) is 18.9 Å². The molecule has 0 fully saturated rings. The van der Waals surface area contributed by atoms with E-state index in [9.17, 15) is 9.59 Å². The molecule has 0 aliphatic heterocycles. The minimum absolute atomic E-state index is 0.0541. The van der Waals surface area contributed by atoms with E-state index < -0.39 is 5.97 Å². The van der Waals surface area contributed by atoms with E-state index in [4.69, 9.17) is 10.8 Å². The van der Waals surface area contributed by atoms with Gasteiger partial charge in [-0.3, -0.25) is 9.59 Å². The van der Waals surface area contributed by atoms with Gasteiger partial charge in [0.1, 0.15) is 11.6 Å². The third-order valence-electron chi connectivity index (χ3n) is 1.61. The molecule has 1 rings (SSSR count). The Kier molecular flexibility index (Phi) is 3.22. The normalized spacial score (nSPS) is 10.0. The maximum atomic E-state index is 10.9. The number of H-pyrrole nitrogens is 1. The van der Waals surface area contributed by atoms with Gasteiger partial charge < -0.3 is 15.8 Å². The lowest BCUT2D eigenvalue weighted by atomic mass is 10.2. The molecule has 0 bridgehead atoms. The number of carboxylic acid groups (broad SMARTS) is 1. The maximum absolute atomic E-state index is 10.9. The number of nitrogens with one attached hydrogen (secondary N) is 1. The lowest BCUT2D eigenvalue weighted by Crippen LogP contribution is -2.12. The second kappa shape index (κ2) is 4.40. The van der Waals surface area contributed by atoms with Crippen LogP contribution < -0.4 is 11.3 Å². The molecule has 14 heavy (non-hydrogen) atoms. The van der Waals surface area contributed by atoms with Gasteiger partial charge in [-0.05, 0) is 6.42 Å². The smallest absolute Gasteiger partial charge is 0.303 e. The highest BCUT2D eigenvalue weighted by atomic mass is 16.4. The van der Waals surface area contributed by atoms with Crippen LogP contribution in [0.4, 0.5) is 5.82 Å². The fourth-order valence-corrected chi connectivity index (χ4v) is 1.05. The predicted molar refractivity (Wildman–Crippen MR) is 49.8 cm³/mol. The Morgan fingerprint density at radius 3 is 2.93 bits per heavy atom. The summed E-state index contributed by atoms with van der Waals surface area (Å²) < 4.78 is 0. The molecule has 0 aliphatic rings. The SMILES string of the molecule is Nc1cc(=O)[nH]c(CCCC(=O)O)n1. The van der Waals surface area contributed by atoms with Crippen LogP contribution in [0.15, 0.2) is 10.9 Å². The monoisotopic (exact) mass is 197 g/mol. The minimum atomic E-state index is -0.865. The van der Waals surface area contributed by atoms with Gasteiger partial charge in [0.05, 0.1) is 0 Å². The second-order valence-corrected chi connectivity index (χ2v) is 2.86. The number of anilines is 1. The van der Waals surface area contributed by atoms with Crippen molar-refractivity contribution >= 4 is 11.8 Å². The first-order chi connectivity index (χ1) is 6.58. The summed E-state index contributed by atoms with van der Waals surface area (Å²) >= 11 is 0. The quantitative estimate of drug-likeness (QED) is 0.617. The van der Waals surface area contributed by atoms with Crippen LogP contribution in [0.1, 0.15) is 18.7 Å². The molecule has 0 aromatic carbocycles. The van der Waals surface area contributed by atoms with Crippen LogP contribution in [0.2, 0.25) is 0 Å². The molecule has 6 heteroatoms. The van der Waals surface area contributed by atoms with Crippen molar-refractivity contribution in [1.29, 1.82) is 0 Å². The van der Waals surface area contributed by atoms with Crippen molar-refractivity contribution in [3.63, 3.8) is 0 Å². The predicted octanol–water partition coefficient (Wildman–Crippen LogP) is -0.241. The van der Waals surface area contributed by atoms with E-state index in [1.165, 1.54) is 6.07 Å². The van der Waals surface area contributed by atoms with Crippen LogP contribution in [0, 0.1) is 0 Å². The van der Waals surface area contributed by atoms with E-state index in [-0.39, 0.29) is 17.8 Å². The highest BCUT2D eigenvalue weighted by Gasteiger charge is 2.01. The van der Waals surface area contributed by atoms with Crippen LogP contribution in [0.25, 0.3) is 0 Å². The van der Waals surface area contributed by atoms with E-state index in [2.05, 4.69) is 9.97 Å². The Labute approximate surface area is 79.8 Å². The molecule has 6 nitrogen and oxygen atoms in total. The minimum Gasteiger partial charge on any atom is -0.481 e. The fourth-order valence-electron chi connectivity index (χ4n) is 1.05. The van der Waals surface area contributed by atoms with E-state index >= 15 is 0 Å². The number of nitrogens with zero attached hydrogens (tertiary/aromatic N) is 1. The van der Waals surface area contributed by atoms with E-state index in [0.29, 0.717) is 18.7 Å². The van der Waals surface area contributed by atoms with Gasteiger partial charge in [0.2, 0.25) is 0 Å². The number of hydrogen-bond acceptors (Lipinski definition) is 4. The Morgan fingerprint density at radius 1 is 1.64 bits per heavy atom. The number of aromatic nitrogens is 2. The number of aromatic amines is 1. The van der Waals surface area contributed by atoms with Crippen molar-refractivity contribution in [3.05, 3.63) is 22.2 Å². The molecule has 0 saturated heterocycles. The number of carboxylic acids is 1. The number of rotatable bonds is 4. The highest BCUT2D eigenvalue weighted by molar-refractivity contribution is 5.66. The van der Waals surface area contributed by atoms with Gasteiger partial charge >= 0.3 is 5.97 Å². The summed E-state index contributed by atoms with van der Waals surface area (Å²) in [5.74, 6) is -0.286. The number of hydrogen-bond donors (Lipinski definition) is 3. The van der Waals surface area contributed by atoms with E-state index in [1.54, 1.807) is 0 Å². The molecule has 0 atom stereocenters. The lowest BCUT2D eigenvalue weighted by molar-refractivity contribution is -0.137. The average Bonchev–Trinajstić information content (AvgIpc) is 2.01. The highest BCUT2D eigenvalue weighted by Crippen LogP contribution is 1.99. The molecular weight excluding hydrogens is 186 g/mol. The van der Waals surface area contributed by atoms with Gasteiger partial charge in [0.15, 0.2) is 0 Å². The Balaban J connectivity index is 2.59. The first-order valence-corrected chi connectivity index (χ1v) is 4.15. The number of aryl methyl sites for hydroxylation is 1. The Hall–Kier alpha value is -1.85. The zero-order valence-electron chi connectivity index (χ0n) is 7.49. The molecule has 0 amide bonds. The van der Waals surface area contributed by atoms with E-state index in [1.807, 2.05) is 0 Å². The standard InChI is InChI=1S/C8H11N3O3/c9-5-4-7(12)11-6(10-5)2-1-3-8(13)14/h4H,1-3H2,(H,13,14)(H3,9,10,11,12). The molecule has 1 heterocycles. The van der Waals surface area contributed by atoms with Crippen molar-refractivity contribution in [2.75, 3.05) is 5.73 Å².